The Labute approximate surface area is 122 Å². The van der Waals surface area contributed by atoms with Gasteiger partial charge < -0.3 is 5.32 Å². The molecule has 0 spiro atoms. The lowest BCUT2D eigenvalue weighted by Gasteiger charge is -2.21. The summed E-state index contributed by atoms with van der Waals surface area (Å²) in [5.74, 6) is -0.331. The van der Waals surface area contributed by atoms with E-state index < -0.39 is 0 Å². The number of rotatable bonds is 2. The highest BCUT2D eigenvalue weighted by molar-refractivity contribution is 8.15. The number of amidine groups is 1. The molecule has 104 valence electrons. The van der Waals surface area contributed by atoms with Crippen LogP contribution in [0, 0.1) is 11.2 Å². The third kappa shape index (κ3) is 4.39. The van der Waals surface area contributed by atoms with Crippen LogP contribution < -0.4 is 5.32 Å². The van der Waals surface area contributed by atoms with Crippen molar-refractivity contribution in [3.63, 3.8) is 0 Å². The molecule has 0 saturated carbocycles. The Bertz CT molecular complexity index is 497. The van der Waals surface area contributed by atoms with E-state index >= 15 is 0 Å². The number of nitrogens with zero attached hydrogens (tertiary/aromatic N) is 1. The Morgan fingerprint density at radius 3 is 2.84 bits per heavy atom. The second-order valence-corrected chi connectivity index (χ2v) is 7.60. The number of thioether (sulfide) groups is 1. The van der Waals surface area contributed by atoms with Crippen molar-refractivity contribution in [3.8, 4) is 0 Å². The largest absolute Gasteiger partial charge is 0.334 e. The lowest BCUT2D eigenvalue weighted by Crippen LogP contribution is -2.16. The van der Waals surface area contributed by atoms with Gasteiger partial charge in [-0.05, 0) is 30.0 Å². The van der Waals surface area contributed by atoms with Gasteiger partial charge in [-0.25, -0.2) is 4.39 Å². The third-order valence-corrected chi connectivity index (χ3v) is 4.15. The Hall–Kier alpha value is -0.740. The number of halogens is 2. The van der Waals surface area contributed by atoms with Crippen LogP contribution in [0.5, 0.6) is 0 Å². The Morgan fingerprint density at radius 1 is 1.47 bits per heavy atom. The summed E-state index contributed by atoms with van der Waals surface area (Å²) in [7, 11) is 0. The lowest BCUT2D eigenvalue weighted by atomic mass is 9.90. The Kier molecular flexibility index (Phi) is 4.41. The van der Waals surface area contributed by atoms with Crippen molar-refractivity contribution in [1.29, 1.82) is 0 Å². The van der Waals surface area contributed by atoms with Crippen molar-refractivity contribution in [1.82, 2.24) is 0 Å². The molecule has 1 heterocycles. The fourth-order valence-electron chi connectivity index (χ4n) is 1.98. The smallest absolute Gasteiger partial charge is 0.161 e. The second kappa shape index (κ2) is 5.71. The van der Waals surface area contributed by atoms with Crippen molar-refractivity contribution in [2.24, 2.45) is 10.4 Å². The maximum atomic E-state index is 13.0. The quantitative estimate of drug-likeness (QED) is 0.848. The van der Waals surface area contributed by atoms with E-state index in [0.717, 1.165) is 18.1 Å². The van der Waals surface area contributed by atoms with E-state index in [0.29, 0.717) is 21.4 Å². The molecule has 5 heteroatoms. The number of aliphatic imine (C=N–C) groups is 1. The van der Waals surface area contributed by atoms with E-state index in [1.54, 1.807) is 17.8 Å². The van der Waals surface area contributed by atoms with E-state index in [2.05, 4.69) is 31.1 Å². The zero-order valence-electron chi connectivity index (χ0n) is 11.3. The van der Waals surface area contributed by atoms with Gasteiger partial charge in [0.1, 0.15) is 5.82 Å². The van der Waals surface area contributed by atoms with Crippen molar-refractivity contribution in [3.05, 3.63) is 29.0 Å². The molecule has 1 aliphatic heterocycles. The van der Waals surface area contributed by atoms with Crippen molar-refractivity contribution >= 4 is 34.2 Å². The molecular formula is C14H18ClFN2S. The van der Waals surface area contributed by atoms with Crippen molar-refractivity contribution in [2.45, 2.75) is 32.4 Å². The average Bonchev–Trinajstić information content (AvgIpc) is 2.67. The van der Waals surface area contributed by atoms with E-state index in [9.17, 15) is 4.39 Å². The molecule has 1 aromatic carbocycles. The van der Waals surface area contributed by atoms with Gasteiger partial charge in [0.15, 0.2) is 5.17 Å². The molecule has 0 amide bonds. The first-order valence-electron chi connectivity index (χ1n) is 6.27. The van der Waals surface area contributed by atoms with Crippen LogP contribution >= 0.6 is 23.4 Å². The molecule has 0 bridgehead atoms. The summed E-state index contributed by atoms with van der Waals surface area (Å²) in [6.07, 6.45) is 1.11. The van der Waals surface area contributed by atoms with Gasteiger partial charge in [-0.15, -0.1) is 0 Å². The maximum absolute atomic E-state index is 13.0. The van der Waals surface area contributed by atoms with Gasteiger partial charge >= 0.3 is 0 Å². The fraction of sp³-hybridized carbons (Fsp3) is 0.500. The zero-order valence-corrected chi connectivity index (χ0v) is 12.9. The van der Waals surface area contributed by atoms with Crippen LogP contribution in [-0.4, -0.2) is 17.0 Å². The summed E-state index contributed by atoms with van der Waals surface area (Å²) in [5, 5.41) is 4.91. The molecule has 0 aromatic heterocycles. The van der Waals surface area contributed by atoms with Crippen LogP contribution in [0.2, 0.25) is 5.02 Å². The molecule has 2 rings (SSSR count). The molecule has 1 atom stereocenters. The van der Waals surface area contributed by atoms with Gasteiger partial charge in [-0.1, -0.05) is 44.1 Å². The van der Waals surface area contributed by atoms with E-state index in [4.69, 9.17) is 11.6 Å². The minimum atomic E-state index is -0.331. The SMILES string of the molecule is CC(C)(C)CC1CN=C(Nc2ccc(F)cc2Cl)S1. The van der Waals surface area contributed by atoms with Crippen LogP contribution in [0.4, 0.5) is 10.1 Å². The number of benzene rings is 1. The predicted molar refractivity (Wildman–Crippen MR) is 82.8 cm³/mol. The molecule has 1 unspecified atom stereocenters. The van der Waals surface area contributed by atoms with Crippen molar-refractivity contribution < 1.29 is 4.39 Å². The fourth-order valence-corrected chi connectivity index (χ4v) is 3.56. The zero-order chi connectivity index (χ0) is 14.0. The number of hydrogen-bond donors (Lipinski definition) is 1. The molecule has 2 nitrogen and oxygen atoms in total. The van der Waals surface area contributed by atoms with Crippen LogP contribution in [0.25, 0.3) is 0 Å². The van der Waals surface area contributed by atoms with Gasteiger partial charge in [-0.3, -0.25) is 4.99 Å². The molecular weight excluding hydrogens is 283 g/mol. The van der Waals surface area contributed by atoms with Crippen LogP contribution in [0.1, 0.15) is 27.2 Å². The van der Waals surface area contributed by atoms with Gasteiger partial charge in [0.2, 0.25) is 0 Å². The van der Waals surface area contributed by atoms with Crippen molar-refractivity contribution in [2.75, 3.05) is 11.9 Å². The highest BCUT2D eigenvalue weighted by atomic mass is 35.5. The predicted octanol–water partition coefficient (Wildman–Crippen LogP) is 4.80. The number of hydrogen-bond acceptors (Lipinski definition) is 3. The molecule has 0 radical (unpaired) electrons. The standard InChI is InChI=1S/C14H18ClFN2S/c1-14(2,3)7-10-8-17-13(19-10)18-12-5-4-9(16)6-11(12)15/h4-6,10H,7-8H2,1-3H3,(H,17,18). The summed E-state index contributed by atoms with van der Waals surface area (Å²) in [6, 6.07) is 4.33. The first-order chi connectivity index (χ1) is 8.83. The molecule has 19 heavy (non-hydrogen) atoms. The van der Waals surface area contributed by atoms with Gasteiger partial charge in [-0.2, -0.15) is 0 Å². The summed E-state index contributed by atoms with van der Waals surface area (Å²) in [6.45, 7) is 7.52. The molecule has 1 aromatic rings. The van der Waals surface area contributed by atoms with Gasteiger partial charge in [0, 0.05) is 5.25 Å². The van der Waals surface area contributed by atoms with E-state index in [1.165, 1.54) is 12.1 Å². The van der Waals surface area contributed by atoms with Crippen LogP contribution in [0.15, 0.2) is 23.2 Å². The Morgan fingerprint density at radius 2 is 2.21 bits per heavy atom. The highest BCUT2D eigenvalue weighted by Gasteiger charge is 2.25. The number of nitrogens with one attached hydrogen (secondary N) is 1. The van der Waals surface area contributed by atoms with Gasteiger partial charge in [0.05, 0.1) is 17.3 Å². The second-order valence-electron chi connectivity index (χ2n) is 5.90. The molecule has 0 aliphatic carbocycles. The molecule has 0 saturated heterocycles. The Balaban J connectivity index is 1.95. The number of anilines is 1. The monoisotopic (exact) mass is 300 g/mol. The molecule has 0 fully saturated rings. The maximum Gasteiger partial charge on any atom is 0.161 e. The first-order valence-corrected chi connectivity index (χ1v) is 7.52. The minimum Gasteiger partial charge on any atom is -0.334 e. The van der Waals surface area contributed by atoms with Crippen LogP contribution in [-0.2, 0) is 0 Å². The summed E-state index contributed by atoms with van der Waals surface area (Å²) >= 11 is 7.72. The topological polar surface area (TPSA) is 24.4 Å². The molecule has 1 N–H and O–H groups in total. The average molecular weight is 301 g/mol. The summed E-state index contributed by atoms with van der Waals surface area (Å²) < 4.78 is 13.0. The third-order valence-electron chi connectivity index (χ3n) is 2.73. The molecule has 1 aliphatic rings. The summed E-state index contributed by atoms with van der Waals surface area (Å²) in [5.41, 5.74) is 1.00. The van der Waals surface area contributed by atoms with Crippen LogP contribution in [0.3, 0.4) is 0 Å². The normalized spacial score (nSPS) is 19.4. The van der Waals surface area contributed by atoms with Gasteiger partial charge in [0.25, 0.3) is 0 Å². The van der Waals surface area contributed by atoms with E-state index in [-0.39, 0.29) is 5.82 Å². The first kappa shape index (κ1) is 14.7. The highest BCUT2D eigenvalue weighted by Crippen LogP contribution is 2.33. The minimum absolute atomic E-state index is 0.302. The lowest BCUT2D eigenvalue weighted by molar-refractivity contribution is 0.375. The van der Waals surface area contributed by atoms with E-state index in [1.807, 2.05) is 0 Å². The summed E-state index contributed by atoms with van der Waals surface area (Å²) in [4.78, 5) is 4.48.